The third-order valence-electron chi connectivity index (χ3n) is 4.05. The summed E-state index contributed by atoms with van der Waals surface area (Å²) in [6.07, 6.45) is 7.86. The highest BCUT2D eigenvalue weighted by Crippen LogP contribution is 2.20. The molecular weight excluding hydrogens is 262 g/mol. The van der Waals surface area contributed by atoms with Crippen molar-refractivity contribution in [1.82, 2.24) is 15.5 Å². The minimum Gasteiger partial charge on any atom is -0.339 e. The number of benzene rings is 1. The van der Waals surface area contributed by atoms with Crippen molar-refractivity contribution in [2.24, 2.45) is 0 Å². The van der Waals surface area contributed by atoms with Crippen molar-refractivity contribution >= 4 is 0 Å². The van der Waals surface area contributed by atoms with Gasteiger partial charge in [0.25, 0.3) is 0 Å². The van der Waals surface area contributed by atoms with Crippen LogP contribution in [0, 0.1) is 0 Å². The summed E-state index contributed by atoms with van der Waals surface area (Å²) in [5.41, 5.74) is 1.36. The normalized spacial score (nSPS) is 19.3. The molecule has 2 heterocycles. The summed E-state index contributed by atoms with van der Waals surface area (Å²) in [6.45, 7) is 1.06. The zero-order valence-electron chi connectivity index (χ0n) is 12.4. The molecule has 1 aromatic carbocycles. The van der Waals surface area contributed by atoms with Crippen LogP contribution in [-0.2, 0) is 12.8 Å². The van der Waals surface area contributed by atoms with Gasteiger partial charge >= 0.3 is 0 Å². The van der Waals surface area contributed by atoms with Gasteiger partial charge in [-0.25, -0.2) is 0 Å². The van der Waals surface area contributed by atoms with Crippen molar-refractivity contribution in [3.8, 4) is 0 Å². The van der Waals surface area contributed by atoms with Crippen LogP contribution in [0.1, 0.15) is 55.4 Å². The fraction of sp³-hybridized carbons (Fsp3) is 0.529. The second-order valence-corrected chi connectivity index (χ2v) is 5.74. The molecule has 21 heavy (non-hydrogen) atoms. The SMILES string of the molecule is c1ccc(CCCc2nc(C3CCCCCN3)no2)cc1. The molecule has 1 fully saturated rings. The van der Waals surface area contributed by atoms with Gasteiger partial charge in [-0.15, -0.1) is 0 Å². The summed E-state index contributed by atoms with van der Waals surface area (Å²) in [6, 6.07) is 10.8. The second kappa shape index (κ2) is 7.36. The molecule has 1 saturated heterocycles. The van der Waals surface area contributed by atoms with Gasteiger partial charge in [-0.05, 0) is 37.8 Å². The number of nitrogens with one attached hydrogen (secondary N) is 1. The Morgan fingerprint density at radius 3 is 2.90 bits per heavy atom. The van der Waals surface area contributed by atoms with Crippen LogP contribution in [0.4, 0.5) is 0 Å². The smallest absolute Gasteiger partial charge is 0.226 e. The molecule has 1 aliphatic heterocycles. The van der Waals surface area contributed by atoms with Crippen molar-refractivity contribution in [2.45, 2.75) is 51.0 Å². The standard InChI is InChI=1S/C17H23N3O/c1-3-8-14(9-4-1)10-7-12-16-19-17(20-21-16)15-11-5-2-6-13-18-15/h1,3-4,8-9,15,18H,2,5-7,10-13H2. The first-order chi connectivity index (χ1) is 10.4. The monoisotopic (exact) mass is 285 g/mol. The van der Waals surface area contributed by atoms with E-state index >= 15 is 0 Å². The number of rotatable bonds is 5. The van der Waals surface area contributed by atoms with Crippen LogP contribution >= 0.6 is 0 Å². The summed E-state index contributed by atoms with van der Waals surface area (Å²) in [5, 5.41) is 7.67. The first kappa shape index (κ1) is 14.3. The average Bonchev–Trinajstić information content (AvgIpc) is 2.82. The number of aromatic nitrogens is 2. The Labute approximate surface area is 126 Å². The maximum atomic E-state index is 5.40. The molecule has 4 heteroatoms. The highest BCUT2D eigenvalue weighted by molar-refractivity contribution is 5.14. The number of aryl methyl sites for hydroxylation is 2. The largest absolute Gasteiger partial charge is 0.339 e. The molecule has 0 bridgehead atoms. The summed E-state index contributed by atoms with van der Waals surface area (Å²) in [4.78, 5) is 4.57. The van der Waals surface area contributed by atoms with E-state index in [0.717, 1.165) is 43.9 Å². The third kappa shape index (κ3) is 4.14. The van der Waals surface area contributed by atoms with Gasteiger partial charge in [0.2, 0.25) is 5.89 Å². The van der Waals surface area contributed by atoms with Crippen molar-refractivity contribution in [3.63, 3.8) is 0 Å². The molecule has 1 aromatic heterocycles. The van der Waals surface area contributed by atoms with Crippen LogP contribution in [0.15, 0.2) is 34.9 Å². The van der Waals surface area contributed by atoms with E-state index in [-0.39, 0.29) is 6.04 Å². The molecule has 0 spiro atoms. The molecule has 112 valence electrons. The van der Waals surface area contributed by atoms with Gasteiger partial charge in [-0.3, -0.25) is 0 Å². The topological polar surface area (TPSA) is 51.0 Å². The van der Waals surface area contributed by atoms with E-state index in [0.29, 0.717) is 0 Å². The van der Waals surface area contributed by atoms with Crippen LogP contribution in [0.2, 0.25) is 0 Å². The molecule has 1 N–H and O–H groups in total. The fourth-order valence-corrected chi connectivity index (χ4v) is 2.85. The van der Waals surface area contributed by atoms with Crippen LogP contribution in [0.25, 0.3) is 0 Å². The zero-order chi connectivity index (χ0) is 14.3. The van der Waals surface area contributed by atoms with E-state index < -0.39 is 0 Å². The first-order valence-electron chi connectivity index (χ1n) is 8.01. The van der Waals surface area contributed by atoms with Crippen molar-refractivity contribution in [3.05, 3.63) is 47.6 Å². The maximum Gasteiger partial charge on any atom is 0.226 e. The van der Waals surface area contributed by atoms with Gasteiger partial charge in [0.05, 0.1) is 6.04 Å². The van der Waals surface area contributed by atoms with Gasteiger partial charge in [0, 0.05) is 6.42 Å². The maximum absolute atomic E-state index is 5.40. The van der Waals surface area contributed by atoms with E-state index in [9.17, 15) is 0 Å². The van der Waals surface area contributed by atoms with E-state index in [4.69, 9.17) is 4.52 Å². The Morgan fingerprint density at radius 2 is 2.00 bits per heavy atom. The lowest BCUT2D eigenvalue weighted by Gasteiger charge is -2.09. The van der Waals surface area contributed by atoms with Crippen LogP contribution in [0.3, 0.4) is 0 Å². The molecule has 0 aliphatic carbocycles. The number of nitrogens with zero attached hydrogens (tertiary/aromatic N) is 2. The minimum atomic E-state index is 0.277. The molecule has 1 atom stereocenters. The lowest BCUT2D eigenvalue weighted by molar-refractivity contribution is 0.361. The summed E-state index contributed by atoms with van der Waals surface area (Å²) >= 11 is 0. The fourth-order valence-electron chi connectivity index (χ4n) is 2.85. The molecule has 3 rings (SSSR count). The molecule has 4 nitrogen and oxygen atoms in total. The Kier molecular flexibility index (Phi) is 5.00. The van der Waals surface area contributed by atoms with E-state index in [1.165, 1.54) is 24.8 Å². The van der Waals surface area contributed by atoms with Gasteiger partial charge in [-0.1, -0.05) is 48.3 Å². The molecule has 2 aromatic rings. The molecule has 0 amide bonds. The van der Waals surface area contributed by atoms with Gasteiger partial charge < -0.3 is 9.84 Å². The predicted octanol–water partition coefficient (Wildman–Crippen LogP) is 3.45. The molecule has 0 radical (unpaired) electrons. The second-order valence-electron chi connectivity index (χ2n) is 5.74. The van der Waals surface area contributed by atoms with Gasteiger partial charge in [0.1, 0.15) is 0 Å². The highest BCUT2D eigenvalue weighted by Gasteiger charge is 2.19. The molecule has 0 saturated carbocycles. The Morgan fingerprint density at radius 1 is 1.10 bits per heavy atom. The van der Waals surface area contributed by atoms with Crippen LogP contribution < -0.4 is 5.32 Å². The molecular formula is C17H23N3O. The van der Waals surface area contributed by atoms with Crippen LogP contribution in [0.5, 0.6) is 0 Å². The zero-order valence-corrected chi connectivity index (χ0v) is 12.4. The quantitative estimate of drug-likeness (QED) is 0.914. The minimum absolute atomic E-state index is 0.277. The van der Waals surface area contributed by atoms with Gasteiger partial charge in [-0.2, -0.15) is 4.98 Å². The third-order valence-corrected chi connectivity index (χ3v) is 4.05. The predicted molar refractivity (Wildman–Crippen MR) is 82.0 cm³/mol. The van der Waals surface area contributed by atoms with Gasteiger partial charge in [0.15, 0.2) is 5.82 Å². The molecule has 1 unspecified atom stereocenters. The average molecular weight is 285 g/mol. The Bertz CT molecular complexity index is 530. The lowest BCUT2D eigenvalue weighted by Crippen LogP contribution is -2.21. The summed E-state index contributed by atoms with van der Waals surface area (Å²) in [5.74, 6) is 1.61. The van der Waals surface area contributed by atoms with Crippen molar-refractivity contribution < 1.29 is 4.52 Å². The Balaban J connectivity index is 1.50. The van der Waals surface area contributed by atoms with Crippen molar-refractivity contribution in [2.75, 3.05) is 6.54 Å². The van der Waals surface area contributed by atoms with Crippen LogP contribution in [-0.4, -0.2) is 16.7 Å². The highest BCUT2D eigenvalue weighted by atomic mass is 16.5. The Hall–Kier alpha value is -1.68. The molecule has 1 aliphatic rings. The lowest BCUT2D eigenvalue weighted by atomic mass is 10.1. The first-order valence-corrected chi connectivity index (χ1v) is 8.01. The van der Waals surface area contributed by atoms with Crippen molar-refractivity contribution in [1.29, 1.82) is 0 Å². The summed E-state index contributed by atoms with van der Waals surface area (Å²) in [7, 11) is 0. The number of hydrogen-bond donors (Lipinski definition) is 1. The summed E-state index contributed by atoms with van der Waals surface area (Å²) < 4.78 is 5.40. The number of hydrogen-bond acceptors (Lipinski definition) is 4. The van der Waals surface area contributed by atoms with E-state index in [1.807, 2.05) is 6.07 Å². The van der Waals surface area contributed by atoms with E-state index in [1.54, 1.807) is 0 Å². The van der Waals surface area contributed by atoms with E-state index in [2.05, 4.69) is 39.7 Å².